The van der Waals surface area contributed by atoms with Crippen LogP contribution in [-0.4, -0.2) is 31.2 Å². The number of methoxy groups -OCH3 is 1. The van der Waals surface area contributed by atoms with Crippen LogP contribution in [-0.2, 0) is 9.53 Å². The molecule has 5 heteroatoms. The van der Waals surface area contributed by atoms with Crippen LogP contribution in [0.1, 0.15) is 32.6 Å². The van der Waals surface area contributed by atoms with Crippen LogP contribution >= 0.6 is 12.2 Å². The smallest absolute Gasteiger partial charge is 0.229 e. The van der Waals surface area contributed by atoms with Crippen molar-refractivity contribution in [1.29, 1.82) is 0 Å². The Hall–Kier alpha value is -0.680. The van der Waals surface area contributed by atoms with Crippen molar-refractivity contribution in [2.45, 2.75) is 32.6 Å². The van der Waals surface area contributed by atoms with Crippen LogP contribution in [0.3, 0.4) is 0 Å². The van der Waals surface area contributed by atoms with Gasteiger partial charge in [-0.1, -0.05) is 19.1 Å². The largest absolute Gasteiger partial charge is 0.393 e. The van der Waals surface area contributed by atoms with Crippen molar-refractivity contribution in [1.82, 2.24) is 5.32 Å². The summed E-state index contributed by atoms with van der Waals surface area (Å²) in [4.78, 5) is 12.1. The van der Waals surface area contributed by atoms with E-state index >= 15 is 0 Å². The number of nitrogens with two attached hydrogens (primary N) is 1. The van der Waals surface area contributed by atoms with E-state index in [1.165, 1.54) is 12.8 Å². The average Bonchev–Trinajstić information content (AvgIpc) is 3.05. The summed E-state index contributed by atoms with van der Waals surface area (Å²) >= 11 is 4.88. The third-order valence-electron chi connectivity index (χ3n) is 3.50. The molecule has 1 aliphatic rings. The predicted octanol–water partition coefficient (Wildman–Crippen LogP) is 1.23. The highest BCUT2D eigenvalue weighted by Crippen LogP contribution is 2.48. The van der Waals surface area contributed by atoms with Crippen LogP contribution in [0.5, 0.6) is 0 Å². The molecule has 1 rings (SSSR count). The number of ether oxygens (including phenoxy) is 1. The first-order chi connectivity index (χ1) is 8.04. The fourth-order valence-corrected chi connectivity index (χ4v) is 2.20. The number of hydrogen-bond donors (Lipinski definition) is 2. The van der Waals surface area contributed by atoms with Gasteiger partial charge in [-0.05, 0) is 31.1 Å². The van der Waals surface area contributed by atoms with E-state index in [-0.39, 0.29) is 22.2 Å². The van der Waals surface area contributed by atoms with Gasteiger partial charge >= 0.3 is 0 Å². The van der Waals surface area contributed by atoms with Crippen LogP contribution in [0, 0.1) is 11.3 Å². The Morgan fingerprint density at radius 2 is 2.24 bits per heavy atom. The fourth-order valence-electron chi connectivity index (χ4n) is 1.92. The molecule has 17 heavy (non-hydrogen) atoms. The number of carbonyl (C=O) groups is 1. The van der Waals surface area contributed by atoms with E-state index in [2.05, 4.69) is 5.32 Å². The van der Waals surface area contributed by atoms with Gasteiger partial charge in [-0.15, -0.1) is 0 Å². The van der Waals surface area contributed by atoms with Crippen LogP contribution in [0.2, 0.25) is 0 Å². The molecule has 0 aromatic carbocycles. The molecule has 0 spiro atoms. The van der Waals surface area contributed by atoms with E-state index in [4.69, 9.17) is 22.7 Å². The molecule has 0 aromatic heterocycles. The molecule has 1 aliphatic carbocycles. The molecule has 0 heterocycles. The lowest BCUT2D eigenvalue weighted by molar-refractivity contribution is -0.123. The zero-order valence-corrected chi connectivity index (χ0v) is 11.4. The maximum absolute atomic E-state index is 11.9. The minimum Gasteiger partial charge on any atom is -0.393 e. The summed E-state index contributed by atoms with van der Waals surface area (Å²) in [6.07, 6.45) is 4.00. The van der Waals surface area contributed by atoms with Crippen molar-refractivity contribution in [2.24, 2.45) is 17.1 Å². The Bertz CT molecular complexity index is 290. The van der Waals surface area contributed by atoms with Crippen LogP contribution < -0.4 is 11.1 Å². The van der Waals surface area contributed by atoms with Gasteiger partial charge in [-0.3, -0.25) is 4.79 Å². The van der Waals surface area contributed by atoms with Crippen LogP contribution in [0.4, 0.5) is 0 Å². The maximum atomic E-state index is 11.9. The molecule has 0 aromatic rings. The van der Waals surface area contributed by atoms with Gasteiger partial charge in [-0.25, -0.2) is 0 Å². The number of rotatable bonds is 8. The first kappa shape index (κ1) is 14.4. The SMILES string of the molecule is CCC(C(=O)NCC1(CCOC)CC1)C(N)=S. The summed E-state index contributed by atoms with van der Waals surface area (Å²) in [6, 6.07) is 0. The number of amides is 1. The topological polar surface area (TPSA) is 64.3 Å². The summed E-state index contributed by atoms with van der Waals surface area (Å²) in [5, 5.41) is 2.96. The molecule has 0 radical (unpaired) electrons. The normalized spacial score (nSPS) is 18.5. The molecule has 3 N–H and O–H groups in total. The molecular formula is C12H22N2O2S. The summed E-state index contributed by atoms with van der Waals surface area (Å²) in [5.74, 6) is -0.369. The third kappa shape index (κ3) is 4.24. The highest BCUT2D eigenvalue weighted by molar-refractivity contribution is 7.80. The van der Waals surface area contributed by atoms with Gasteiger partial charge in [-0.2, -0.15) is 0 Å². The highest BCUT2D eigenvalue weighted by atomic mass is 32.1. The Kier molecular flexibility index (Phi) is 5.33. The third-order valence-corrected chi connectivity index (χ3v) is 3.78. The van der Waals surface area contributed by atoms with Gasteiger partial charge in [0.2, 0.25) is 5.91 Å². The van der Waals surface area contributed by atoms with Crippen molar-refractivity contribution in [3.63, 3.8) is 0 Å². The van der Waals surface area contributed by atoms with Gasteiger partial charge in [0.15, 0.2) is 0 Å². The monoisotopic (exact) mass is 258 g/mol. The van der Waals surface area contributed by atoms with Crippen molar-refractivity contribution >= 4 is 23.1 Å². The number of nitrogens with one attached hydrogen (secondary N) is 1. The molecular weight excluding hydrogens is 236 g/mol. The quantitative estimate of drug-likeness (QED) is 0.643. The molecule has 1 amide bonds. The second-order valence-corrected chi connectivity index (χ2v) is 5.30. The van der Waals surface area contributed by atoms with Crippen molar-refractivity contribution in [3.05, 3.63) is 0 Å². The molecule has 1 unspecified atom stereocenters. The van der Waals surface area contributed by atoms with Gasteiger partial charge in [0.05, 0.1) is 10.9 Å². The number of hydrogen-bond acceptors (Lipinski definition) is 3. The van der Waals surface area contributed by atoms with Crippen molar-refractivity contribution in [2.75, 3.05) is 20.3 Å². The molecule has 1 atom stereocenters. The number of thiocarbonyl (C=S) groups is 1. The first-order valence-electron chi connectivity index (χ1n) is 6.10. The van der Waals surface area contributed by atoms with Gasteiger partial charge < -0.3 is 15.8 Å². The summed E-state index contributed by atoms with van der Waals surface area (Å²) in [7, 11) is 1.70. The zero-order chi connectivity index (χ0) is 12.9. The Balaban J connectivity index is 2.35. The lowest BCUT2D eigenvalue weighted by Crippen LogP contribution is -2.40. The lowest BCUT2D eigenvalue weighted by Gasteiger charge is -2.18. The van der Waals surface area contributed by atoms with Crippen LogP contribution in [0.25, 0.3) is 0 Å². The van der Waals surface area contributed by atoms with Crippen molar-refractivity contribution in [3.8, 4) is 0 Å². The Labute approximate surface area is 108 Å². The molecule has 0 saturated heterocycles. The second kappa shape index (κ2) is 6.31. The standard InChI is InChI=1S/C12H22N2O2S/c1-3-9(10(13)17)11(15)14-8-12(4-5-12)6-7-16-2/h9H,3-8H2,1-2H3,(H2,13,17)(H,14,15). The molecule has 0 aliphatic heterocycles. The highest BCUT2D eigenvalue weighted by Gasteiger charge is 2.42. The van der Waals surface area contributed by atoms with E-state index < -0.39 is 0 Å². The second-order valence-electron chi connectivity index (χ2n) is 4.82. The number of carbonyl (C=O) groups excluding carboxylic acids is 1. The summed E-state index contributed by atoms with van der Waals surface area (Å²) in [5.41, 5.74) is 5.80. The van der Waals surface area contributed by atoms with Crippen molar-refractivity contribution < 1.29 is 9.53 Å². The van der Waals surface area contributed by atoms with E-state index in [0.29, 0.717) is 13.0 Å². The minimum atomic E-state index is -0.330. The van der Waals surface area contributed by atoms with E-state index in [1.54, 1.807) is 7.11 Å². The van der Waals surface area contributed by atoms with Gasteiger partial charge in [0.1, 0.15) is 0 Å². The Morgan fingerprint density at radius 1 is 1.59 bits per heavy atom. The van der Waals surface area contributed by atoms with Gasteiger partial charge in [0.25, 0.3) is 0 Å². The molecule has 1 saturated carbocycles. The fraction of sp³-hybridized carbons (Fsp3) is 0.833. The zero-order valence-electron chi connectivity index (χ0n) is 10.6. The summed E-state index contributed by atoms with van der Waals surface area (Å²) in [6.45, 7) is 3.39. The first-order valence-corrected chi connectivity index (χ1v) is 6.51. The van der Waals surface area contributed by atoms with E-state index in [0.717, 1.165) is 13.0 Å². The van der Waals surface area contributed by atoms with Crippen LogP contribution in [0.15, 0.2) is 0 Å². The maximum Gasteiger partial charge on any atom is 0.229 e. The molecule has 98 valence electrons. The summed E-state index contributed by atoms with van der Waals surface area (Å²) < 4.78 is 5.08. The molecule has 1 fully saturated rings. The molecule has 4 nitrogen and oxygen atoms in total. The van der Waals surface area contributed by atoms with E-state index in [9.17, 15) is 4.79 Å². The average molecular weight is 258 g/mol. The Morgan fingerprint density at radius 3 is 2.65 bits per heavy atom. The minimum absolute atomic E-state index is 0.0382. The molecule has 0 bridgehead atoms. The van der Waals surface area contributed by atoms with Gasteiger partial charge in [0, 0.05) is 20.3 Å². The van der Waals surface area contributed by atoms with E-state index in [1.807, 2.05) is 6.92 Å². The lowest BCUT2D eigenvalue weighted by atomic mass is 10.0. The predicted molar refractivity (Wildman–Crippen MR) is 71.7 cm³/mol.